The van der Waals surface area contributed by atoms with E-state index < -0.39 is 0 Å². The van der Waals surface area contributed by atoms with Crippen LogP contribution >= 0.6 is 0 Å². The molecule has 0 radical (unpaired) electrons. The second kappa shape index (κ2) is 6.33. The molecule has 0 fully saturated rings. The third-order valence-corrected chi connectivity index (χ3v) is 4.72. The van der Waals surface area contributed by atoms with Gasteiger partial charge in [-0.25, -0.2) is 4.98 Å². The third kappa shape index (κ3) is 2.56. The lowest BCUT2D eigenvalue weighted by molar-refractivity contribution is 0.812. The normalized spacial score (nSPS) is 11.3. The topological polar surface area (TPSA) is 62.7 Å². The SMILES string of the molecule is CCCNn1c(C)c(-c2nc3cc(C)ccc3[nH]c2=O)c2ccccc21. The van der Waals surface area contributed by atoms with Crippen molar-refractivity contribution in [1.29, 1.82) is 0 Å². The Morgan fingerprint density at radius 2 is 1.96 bits per heavy atom. The van der Waals surface area contributed by atoms with Gasteiger partial charge in [0.25, 0.3) is 5.56 Å². The Hall–Kier alpha value is -3.08. The van der Waals surface area contributed by atoms with Gasteiger partial charge in [-0.2, -0.15) is 0 Å². The van der Waals surface area contributed by atoms with Crippen molar-refractivity contribution in [3.05, 3.63) is 64.1 Å². The smallest absolute Gasteiger partial charge is 0.275 e. The average Bonchev–Trinajstić information content (AvgIpc) is 2.91. The lowest BCUT2D eigenvalue weighted by Crippen LogP contribution is -2.17. The monoisotopic (exact) mass is 346 g/mol. The Morgan fingerprint density at radius 3 is 2.77 bits per heavy atom. The van der Waals surface area contributed by atoms with Crippen LogP contribution in [0.15, 0.2) is 47.3 Å². The first-order valence-electron chi connectivity index (χ1n) is 8.95. The first-order valence-corrected chi connectivity index (χ1v) is 8.95. The minimum atomic E-state index is -0.164. The molecule has 2 aromatic carbocycles. The quantitative estimate of drug-likeness (QED) is 0.584. The van der Waals surface area contributed by atoms with E-state index in [1.807, 2.05) is 50.2 Å². The highest BCUT2D eigenvalue weighted by atomic mass is 16.1. The number of nitrogens with one attached hydrogen (secondary N) is 2. The molecule has 0 aliphatic carbocycles. The van der Waals surface area contributed by atoms with Gasteiger partial charge in [0, 0.05) is 23.2 Å². The van der Waals surface area contributed by atoms with Gasteiger partial charge in [0.1, 0.15) is 5.69 Å². The first kappa shape index (κ1) is 16.4. The van der Waals surface area contributed by atoms with E-state index in [4.69, 9.17) is 4.98 Å². The average molecular weight is 346 g/mol. The Morgan fingerprint density at radius 1 is 1.15 bits per heavy atom. The van der Waals surface area contributed by atoms with Crippen molar-refractivity contribution in [2.75, 3.05) is 12.0 Å². The number of benzene rings is 2. The van der Waals surface area contributed by atoms with Gasteiger partial charge in [0.15, 0.2) is 0 Å². The van der Waals surface area contributed by atoms with Gasteiger partial charge >= 0.3 is 0 Å². The van der Waals surface area contributed by atoms with E-state index in [0.29, 0.717) is 5.69 Å². The van der Waals surface area contributed by atoms with Crippen molar-refractivity contribution in [1.82, 2.24) is 14.6 Å². The number of H-pyrrole nitrogens is 1. The summed E-state index contributed by atoms with van der Waals surface area (Å²) in [5, 5.41) is 1.03. The zero-order valence-electron chi connectivity index (χ0n) is 15.3. The number of aryl methyl sites for hydroxylation is 1. The second-order valence-electron chi connectivity index (χ2n) is 6.66. The maximum atomic E-state index is 12.8. The summed E-state index contributed by atoms with van der Waals surface area (Å²) in [5.74, 6) is 0. The van der Waals surface area contributed by atoms with E-state index >= 15 is 0 Å². The number of hydrogen-bond acceptors (Lipinski definition) is 3. The molecule has 0 aliphatic rings. The zero-order valence-corrected chi connectivity index (χ0v) is 15.3. The molecule has 5 heteroatoms. The highest BCUT2D eigenvalue weighted by Crippen LogP contribution is 2.31. The number of aromatic nitrogens is 3. The summed E-state index contributed by atoms with van der Waals surface area (Å²) >= 11 is 0. The van der Waals surface area contributed by atoms with Crippen LogP contribution in [0.3, 0.4) is 0 Å². The predicted molar refractivity (Wildman–Crippen MR) is 107 cm³/mol. The number of para-hydroxylation sites is 1. The largest absolute Gasteiger partial charge is 0.326 e. The lowest BCUT2D eigenvalue weighted by Gasteiger charge is -2.11. The Balaban J connectivity index is 2.03. The molecule has 0 bridgehead atoms. The van der Waals surface area contributed by atoms with Crippen molar-refractivity contribution >= 4 is 21.9 Å². The Kier molecular flexibility index (Phi) is 3.99. The van der Waals surface area contributed by atoms with E-state index in [1.54, 1.807) is 0 Å². The van der Waals surface area contributed by atoms with Gasteiger partial charge in [-0.05, 0) is 44.0 Å². The number of rotatable bonds is 4. The molecule has 0 atom stereocenters. The molecule has 0 saturated heterocycles. The van der Waals surface area contributed by atoms with Crippen molar-refractivity contribution < 1.29 is 0 Å². The van der Waals surface area contributed by atoms with Gasteiger partial charge in [-0.3, -0.25) is 9.47 Å². The van der Waals surface area contributed by atoms with Crippen LogP contribution in [-0.4, -0.2) is 21.2 Å². The summed E-state index contributed by atoms with van der Waals surface area (Å²) in [6.45, 7) is 7.05. The lowest BCUT2D eigenvalue weighted by atomic mass is 10.1. The van der Waals surface area contributed by atoms with Crippen LogP contribution in [0.4, 0.5) is 0 Å². The zero-order chi connectivity index (χ0) is 18.3. The molecule has 2 aromatic heterocycles. The highest BCUT2D eigenvalue weighted by Gasteiger charge is 2.19. The van der Waals surface area contributed by atoms with Gasteiger partial charge < -0.3 is 10.4 Å². The molecule has 2 heterocycles. The maximum Gasteiger partial charge on any atom is 0.275 e. The molecular formula is C21H22N4O. The molecule has 0 spiro atoms. The fraction of sp³-hybridized carbons (Fsp3) is 0.238. The summed E-state index contributed by atoms with van der Waals surface area (Å²) in [5.41, 5.74) is 9.35. The minimum absolute atomic E-state index is 0.164. The summed E-state index contributed by atoms with van der Waals surface area (Å²) in [6, 6.07) is 14.0. The van der Waals surface area contributed by atoms with Crippen LogP contribution in [0.5, 0.6) is 0 Å². The molecule has 0 saturated carbocycles. The van der Waals surface area contributed by atoms with Crippen LogP contribution < -0.4 is 11.0 Å². The molecule has 0 aliphatic heterocycles. The summed E-state index contributed by atoms with van der Waals surface area (Å²) in [7, 11) is 0. The number of fused-ring (bicyclic) bond motifs is 2. The molecule has 4 rings (SSSR count). The first-order chi connectivity index (χ1) is 12.6. The van der Waals surface area contributed by atoms with Gasteiger partial charge in [0.05, 0.1) is 16.6 Å². The van der Waals surface area contributed by atoms with Crippen LogP contribution in [0.1, 0.15) is 24.6 Å². The van der Waals surface area contributed by atoms with E-state index in [2.05, 4.69) is 28.1 Å². The summed E-state index contributed by atoms with van der Waals surface area (Å²) in [4.78, 5) is 20.5. The van der Waals surface area contributed by atoms with Gasteiger partial charge in [-0.1, -0.05) is 31.2 Å². The summed E-state index contributed by atoms with van der Waals surface area (Å²) in [6.07, 6.45) is 1.02. The molecule has 0 amide bonds. The Bertz CT molecular complexity index is 1170. The minimum Gasteiger partial charge on any atom is -0.326 e. The standard InChI is InChI=1S/C21H22N4O/c1-4-11-22-25-14(3)19(15-7-5-6-8-18(15)25)20-21(26)24-16-10-9-13(2)12-17(16)23-20/h5-10,12,22H,4,11H2,1-3H3,(H,24,26). The van der Waals surface area contributed by atoms with E-state index in [-0.39, 0.29) is 5.56 Å². The van der Waals surface area contributed by atoms with E-state index in [1.165, 1.54) is 0 Å². The van der Waals surface area contributed by atoms with Gasteiger partial charge in [0.2, 0.25) is 0 Å². The molecule has 5 nitrogen and oxygen atoms in total. The Labute approximate surface area is 151 Å². The molecular weight excluding hydrogens is 324 g/mol. The molecule has 26 heavy (non-hydrogen) atoms. The molecule has 132 valence electrons. The molecule has 0 unspecified atom stereocenters. The fourth-order valence-corrected chi connectivity index (χ4v) is 3.46. The highest BCUT2D eigenvalue weighted by molar-refractivity contribution is 5.98. The fourth-order valence-electron chi connectivity index (χ4n) is 3.46. The van der Waals surface area contributed by atoms with Crippen molar-refractivity contribution in [2.45, 2.75) is 27.2 Å². The molecule has 4 aromatic rings. The molecule has 2 N–H and O–H groups in total. The maximum absolute atomic E-state index is 12.8. The number of aromatic amines is 1. The van der Waals surface area contributed by atoms with Crippen molar-refractivity contribution in [3.8, 4) is 11.3 Å². The van der Waals surface area contributed by atoms with E-state index in [9.17, 15) is 4.79 Å². The van der Waals surface area contributed by atoms with Crippen molar-refractivity contribution in [3.63, 3.8) is 0 Å². The number of nitrogens with zero attached hydrogens (tertiary/aromatic N) is 2. The number of hydrogen-bond donors (Lipinski definition) is 2. The predicted octanol–water partition coefficient (Wildman–Crippen LogP) is 4.12. The van der Waals surface area contributed by atoms with Crippen LogP contribution in [-0.2, 0) is 0 Å². The van der Waals surface area contributed by atoms with Gasteiger partial charge in [-0.15, -0.1) is 0 Å². The summed E-state index contributed by atoms with van der Waals surface area (Å²) < 4.78 is 2.07. The van der Waals surface area contributed by atoms with E-state index in [0.717, 1.165) is 51.7 Å². The second-order valence-corrected chi connectivity index (χ2v) is 6.66. The van der Waals surface area contributed by atoms with Crippen molar-refractivity contribution in [2.24, 2.45) is 0 Å². The van der Waals surface area contributed by atoms with Crippen LogP contribution in [0.25, 0.3) is 33.2 Å². The van der Waals surface area contributed by atoms with Crippen LogP contribution in [0.2, 0.25) is 0 Å². The van der Waals surface area contributed by atoms with Crippen LogP contribution in [0, 0.1) is 13.8 Å². The third-order valence-electron chi connectivity index (χ3n) is 4.72.